The molecule has 148 valence electrons. The third-order valence-electron chi connectivity index (χ3n) is 5.38. The summed E-state index contributed by atoms with van der Waals surface area (Å²) in [6.07, 6.45) is 5.36. The summed E-state index contributed by atoms with van der Waals surface area (Å²) in [4.78, 5) is 19.3. The quantitative estimate of drug-likeness (QED) is 0.686. The maximum absolute atomic E-state index is 13.5. The molecule has 1 amide bonds. The highest BCUT2D eigenvalue weighted by Gasteiger charge is 2.25. The Kier molecular flexibility index (Phi) is 5.96. The number of carbonyl (C=O) groups excluding carboxylic acids is 1. The lowest BCUT2D eigenvalue weighted by atomic mass is 9.95. The van der Waals surface area contributed by atoms with E-state index in [9.17, 15) is 9.18 Å². The van der Waals surface area contributed by atoms with Gasteiger partial charge in [0.05, 0.1) is 0 Å². The van der Waals surface area contributed by atoms with Crippen molar-refractivity contribution in [3.8, 4) is 11.1 Å². The van der Waals surface area contributed by atoms with E-state index in [4.69, 9.17) is 0 Å². The molecule has 0 saturated carbocycles. The highest BCUT2D eigenvalue weighted by Crippen LogP contribution is 2.25. The van der Waals surface area contributed by atoms with Gasteiger partial charge < -0.3 is 5.32 Å². The van der Waals surface area contributed by atoms with E-state index in [0.717, 1.165) is 49.3 Å². The lowest BCUT2D eigenvalue weighted by Crippen LogP contribution is -2.37. The minimum absolute atomic E-state index is 0.0120. The summed E-state index contributed by atoms with van der Waals surface area (Å²) in [6, 6.07) is 18.1. The molecule has 0 radical (unpaired) electrons. The third-order valence-corrected chi connectivity index (χ3v) is 5.38. The number of benzene rings is 2. The number of hydrogen-bond donors (Lipinski definition) is 1. The van der Waals surface area contributed by atoms with Gasteiger partial charge in [0.15, 0.2) is 0 Å². The molecular formula is C24H24FN3O. The molecule has 4 rings (SSSR count). The van der Waals surface area contributed by atoms with E-state index in [-0.39, 0.29) is 17.6 Å². The number of halogens is 1. The zero-order chi connectivity index (χ0) is 20.1. The van der Waals surface area contributed by atoms with Crippen molar-refractivity contribution in [2.75, 3.05) is 18.4 Å². The summed E-state index contributed by atoms with van der Waals surface area (Å²) >= 11 is 0. The Hall–Kier alpha value is -3.05. The lowest BCUT2D eigenvalue weighted by molar-refractivity contribution is -0.121. The average molecular weight is 389 g/mol. The molecule has 0 aliphatic carbocycles. The second kappa shape index (κ2) is 8.97. The van der Waals surface area contributed by atoms with Gasteiger partial charge in [0.25, 0.3) is 0 Å². The van der Waals surface area contributed by atoms with Crippen molar-refractivity contribution < 1.29 is 9.18 Å². The van der Waals surface area contributed by atoms with Gasteiger partial charge in [-0.25, -0.2) is 4.39 Å². The van der Waals surface area contributed by atoms with Crippen LogP contribution >= 0.6 is 0 Å². The number of piperidine rings is 1. The Bertz CT molecular complexity index is 969. The Balaban J connectivity index is 1.34. The zero-order valence-corrected chi connectivity index (χ0v) is 16.2. The van der Waals surface area contributed by atoms with Crippen LogP contribution in [0.5, 0.6) is 0 Å². The molecule has 4 nitrogen and oxygen atoms in total. The number of nitrogens with one attached hydrogen (secondary N) is 1. The molecule has 1 N–H and O–H groups in total. The van der Waals surface area contributed by atoms with Crippen LogP contribution in [0.2, 0.25) is 0 Å². The molecule has 5 heteroatoms. The highest BCUT2D eigenvalue weighted by atomic mass is 19.1. The second-order valence-corrected chi connectivity index (χ2v) is 7.49. The van der Waals surface area contributed by atoms with Gasteiger partial charge in [-0.3, -0.25) is 14.7 Å². The van der Waals surface area contributed by atoms with E-state index >= 15 is 0 Å². The number of likely N-dealkylation sites (tertiary alicyclic amines) is 1. The normalized spacial score (nSPS) is 15.2. The molecule has 1 aliphatic heterocycles. The van der Waals surface area contributed by atoms with E-state index in [1.54, 1.807) is 12.3 Å². The fraction of sp³-hybridized carbons (Fsp3) is 0.250. The first-order valence-electron chi connectivity index (χ1n) is 9.95. The van der Waals surface area contributed by atoms with Crippen LogP contribution in [0.15, 0.2) is 73.1 Å². The van der Waals surface area contributed by atoms with Crippen molar-refractivity contribution in [1.82, 2.24) is 9.88 Å². The SMILES string of the molecule is O=C(Nc1cccc(-c2cccc(F)c2)c1)C1CCN(Cc2cccnc2)CC1. The van der Waals surface area contributed by atoms with Crippen molar-refractivity contribution in [3.05, 3.63) is 84.4 Å². The minimum Gasteiger partial charge on any atom is -0.326 e. The molecule has 1 aliphatic rings. The molecule has 0 unspecified atom stereocenters. The maximum Gasteiger partial charge on any atom is 0.227 e. The second-order valence-electron chi connectivity index (χ2n) is 7.49. The Morgan fingerprint density at radius 2 is 1.79 bits per heavy atom. The number of aromatic nitrogens is 1. The highest BCUT2D eigenvalue weighted by molar-refractivity contribution is 5.93. The van der Waals surface area contributed by atoms with E-state index in [1.807, 2.05) is 42.6 Å². The maximum atomic E-state index is 13.5. The number of hydrogen-bond acceptors (Lipinski definition) is 3. The van der Waals surface area contributed by atoms with Crippen LogP contribution in [-0.4, -0.2) is 28.9 Å². The molecule has 0 spiro atoms. The Morgan fingerprint density at radius 1 is 1.03 bits per heavy atom. The summed E-state index contributed by atoms with van der Waals surface area (Å²) in [6.45, 7) is 2.67. The standard InChI is InChI=1S/C24H24FN3O/c25-22-7-1-5-20(14-22)21-6-2-8-23(15-21)27-24(29)19-9-12-28(13-10-19)17-18-4-3-11-26-16-18/h1-8,11,14-16,19H,9-10,12-13,17H2,(H,27,29). The summed E-state index contributed by atoms with van der Waals surface area (Å²) in [5.41, 5.74) is 3.62. The molecule has 1 aromatic heterocycles. The Labute approximate surface area is 170 Å². The van der Waals surface area contributed by atoms with Crippen molar-refractivity contribution in [2.24, 2.45) is 5.92 Å². The molecule has 2 heterocycles. The van der Waals surface area contributed by atoms with Crippen molar-refractivity contribution in [3.63, 3.8) is 0 Å². The molecule has 1 fully saturated rings. The number of pyridine rings is 1. The fourth-order valence-electron chi connectivity index (χ4n) is 3.79. The van der Waals surface area contributed by atoms with E-state index < -0.39 is 0 Å². The van der Waals surface area contributed by atoms with E-state index in [0.29, 0.717) is 0 Å². The van der Waals surface area contributed by atoms with Gasteiger partial charge in [0, 0.05) is 30.5 Å². The predicted molar refractivity (Wildman–Crippen MR) is 113 cm³/mol. The van der Waals surface area contributed by atoms with Gasteiger partial charge in [0.1, 0.15) is 5.82 Å². The van der Waals surface area contributed by atoms with Crippen LogP contribution in [-0.2, 0) is 11.3 Å². The van der Waals surface area contributed by atoms with Gasteiger partial charge in [-0.05, 0) is 73.0 Å². The van der Waals surface area contributed by atoms with E-state index in [2.05, 4.69) is 21.3 Å². The van der Waals surface area contributed by atoms with Gasteiger partial charge in [-0.1, -0.05) is 30.3 Å². The third kappa shape index (κ3) is 5.06. The number of amides is 1. The number of anilines is 1. The van der Waals surface area contributed by atoms with Gasteiger partial charge in [-0.2, -0.15) is 0 Å². The average Bonchev–Trinajstić information content (AvgIpc) is 2.75. The summed E-state index contributed by atoms with van der Waals surface area (Å²) in [5.74, 6) is -0.199. The molecule has 0 atom stereocenters. The molecular weight excluding hydrogens is 365 g/mol. The molecule has 1 saturated heterocycles. The summed E-state index contributed by atoms with van der Waals surface area (Å²) in [5, 5.41) is 3.04. The van der Waals surface area contributed by atoms with Crippen LogP contribution < -0.4 is 5.32 Å². The van der Waals surface area contributed by atoms with Crippen LogP contribution in [0.25, 0.3) is 11.1 Å². The lowest BCUT2D eigenvalue weighted by Gasteiger charge is -2.31. The van der Waals surface area contributed by atoms with Crippen LogP contribution in [0.4, 0.5) is 10.1 Å². The molecule has 3 aromatic rings. The zero-order valence-electron chi connectivity index (χ0n) is 16.2. The fourth-order valence-corrected chi connectivity index (χ4v) is 3.79. The van der Waals surface area contributed by atoms with Gasteiger partial charge in [0.2, 0.25) is 5.91 Å². The molecule has 29 heavy (non-hydrogen) atoms. The van der Waals surface area contributed by atoms with Crippen LogP contribution in [0, 0.1) is 11.7 Å². The summed E-state index contributed by atoms with van der Waals surface area (Å²) in [7, 11) is 0. The monoisotopic (exact) mass is 389 g/mol. The number of carbonyl (C=O) groups is 1. The van der Waals surface area contributed by atoms with Gasteiger partial charge in [-0.15, -0.1) is 0 Å². The Morgan fingerprint density at radius 3 is 2.52 bits per heavy atom. The predicted octanol–water partition coefficient (Wildman–Crippen LogP) is 4.74. The van der Waals surface area contributed by atoms with Crippen molar-refractivity contribution in [1.29, 1.82) is 0 Å². The topological polar surface area (TPSA) is 45.2 Å². The number of nitrogens with zero attached hydrogens (tertiary/aromatic N) is 2. The molecule has 0 bridgehead atoms. The van der Waals surface area contributed by atoms with Crippen LogP contribution in [0.1, 0.15) is 18.4 Å². The van der Waals surface area contributed by atoms with Crippen molar-refractivity contribution in [2.45, 2.75) is 19.4 Å². The first-order valence-corrected chi connectivity index (χ1v) is 9.95. The first kappa shape index (κ1) is 19.3. The summed E-state index contributed by atoms with van der Waals surface area (Å²) < 4.78 is 13.5. The van der Waals surface area contributed by atoms with Crippen LogP contribution in [0.3, 0.4) is 0 Å². The van der Waals surface area contributed by atoms with Crippen molar-refractivity contribution >= 4 is 11.6 Å². The minimum atomic E-state index is -0.269. The smallest absolute Gasteiger partial charge is 0.227 e. The van der Waals surface area contributed by atoms with Gasteiger partial charge >= 0.3 is 0 Å². The molecule has 2 aromatic carbocycles. The van der Waals surface area contributed by atoms with E-state index in [1.165, 1.54) is 17.7 Å². The largest absolute Gasteiger partial charge is 0.326 e. The number of rotatable bonds is 5. The first-order chi connectivity index (χ1) is 14.2.